The molecular weight excluding hydrogens is 268 g/mol. The topological polar surface area (TPSA) is 63.6 Å². The molecule has 0 unspecified atom stereocenters. The number of aliphatic hydroxyl groups excluding tert-OH is 1. The van der Waals surface area contributed by atoms with Crippen molar-refractivity contribution in [1.82, 2.24) is 0 Å². The number of hydrogen-bond donors (Lipinski definition) is 1. The number of carbonyl (C=O) groups excluding carboxylic acids is 2. The lowest BCUT2D eigenvalue weighted by Crippen LogP contribution is -2.03. The second-order valence-corrected chi connectivity index (χ2v) is 4.76. The molecule has 0 aliphatic rings. The number of Topliss-reactive ketones (excluding diaryl/α,β-unsaturated/α-hetero) is 1. The number of rotatable bonds is 9. The summed E-state index contributed by atoms with van der Waals surface area (Å²) in [5, 5.41) is 8.75. The molecule has 1 aromatic rings. The minimum Gasteiger partial charge on any atom is -0.463 e. The van der Waals surface area contributed by atoms with Gasteiger partial charge in [-0.15, -0.1) is 0 Å². The second-order valence-electron chi connectivity index (χ2n) is 4.76. The third-order valence-electron chi connectivity index (χ3n) is 3.03. The van der Waals surface area contributed by atoms with E-state index in [2.05, 4.69) is 6.92 Å². The zero-order chi connectivity index (χ0) is 15.5. The summed E-state index contributed by atoms with van der Waals surface area (Å²) < 4.78 is 5.08. The maximum atomic E-state index is 11.5. The zero-order valence-corrected chi connectivity index (χ0v) is 12.4. The van der Waals surface area contributed by atoms with Gasteiger partial charge in [-0.25, -0.2) is 4.79 Å². The molecule has 0 heterocycles. The summed E-state index contributed by atoms with van der Waals surface area (Å²) in [6.45, 7) is 2.08. The van der Waals surface area contributed by atoms with Gasteiger partial charge < -0.3 is 9.84 Å². The standard InChI is InChI=1S/C17H22O4/c1-2-3-4-5-12-21-17(20)11-8-14-6-9-15(10-7-14)16(19)13-18/h6-11,18H,2-5,12-13H2,1H3. The molecule has 0 radical (unpaired) electrons. The fourth-order valence-corrected chi connectivity index (χ4v) is 1.79. The average Bonchev–Trinajstić information content (AvgIpc) is 2.52. The Balaban J connectivity index is 2.38. The van der Waals surface area contributed by atoms with Crippen molar-refractivity contribution >= 4 is 17.8 Å². The number of esters is 1. The molecule has 0 aliphatic heterocycles. The smallest absolute Gasteiger partial charge is 0.330 e. The van der Waals surface area contributed by atoms with Crippen LogP contribution in [-0.4, -0.2) is 30.1 Å². The monoisotopic (exact) mass is 290 g/mol. The van der Waals surface area contributed by atoms with E-state index in [1.165, 1.54) is 6.08 Å². The summed E-state index contributed by atoms with van der Waals surface area (Å²) in [7, 11) is 0. The SMILES string of the molecule is CCCCCCOC(=O)C=Cc1ccc(C(=O)CO)cc1. The molecule has 4 heteroatoms. The number of hydrogen-bond acceptors (Lipinski definition) is 4. The molecule has 0 saturated carbocycles. The summed E-state index contributed by atoms with van der Waals surface area (Å²) in [5.74, 6) is -0.681. The summed E-state index contributed by atoms with van der Waals surface area (Å²) in [6.07, 6.45) is 7.30. The van der Waals surface area contributed by atoms with E-state index < -0.39 is 6.61 Å². The van der Waals surface area contributed by atoms with Crippen molar-refractivity contribution in [1.29, 1.82) is 0 Å². The average molecular weight is 290 g/mol. The number of ether oxygens (including phenoxy) is 1. The second kappa shape index (κ2) is 9.88. The Labute approximate surface area is 125 Å². The lowest BCUT2D eigenvalue weighted by atomic mass is 10.1. The number of aliphatic hydroxyl groups is 1. The van der Waals surface area contributed by atoms with Crippen molar-refractivity contribution < 1.29 is 19.4 Å². The van der Waals surface area contributed by atoms with Crippen LogP contribution in [0.3, 0.4) is 0 Å². The minimum absolute atomic E-state index is 0.322. The van der Waals surface area contributed by atoms with Crippen LogP contribution in [0.2, 0.25) is 0 Å². The highest BCUT2D eigenvalue weighted by Crippen LogP contribution is 2.07. The third-order valence-corrected chi connectivity index (χ3v) is 3.03. The lowest BCUT2D eigenvalue weighted by Gasteiger charge is -2.01. The first-order valence-corrected chi connectivity index (χ1v) is 7.26. The summed E-state index contributed by atoms with van der Waals surface area (Å²) in [4.78, 5) is 22.7. The van der Waals surface area contributed by atoms with Crippen LogP contribution >= 0.6 is 0 Å². The number of unbranched alkanes of at least 4 members (excludes halogenated alkanes) is 3. The molecule has 0 bridgehead atoms. The van der Waals surface area contributed by atoms with Crippen LogP contribution in [0.5, 0.6) is 0 Å². The molecule has 21 heavy (non-hydrogen) atoms. The van der Waals surface area contributed by atoms with Crippen molar-refractivity contribution in [3.05, 3.63) is 41.5 Å². The van der Waals surface area contributed by atoms with Crippen LogP contribution in [0.15, 0.2) is 30.3 Å². The molecule has 1 aromatic carbocycles. The van der Waals surface area contributed by atoms with Gasteiger partial charge in [0.05, 0.1) is 6.61 Å². The molecule has 1 N–H and O–H groups in total. The van der Waals surface area contributed by atoms with Crippen molar-refractivity contribution in [2.45, 2.75) is 32.6 Å². The van der Waals surface area contributed by atoms with Gasteiger partial charge >= 0.3 is 5.97 Å². The van der Waals surface area contributed by atoms with Gasteiger partial charge in [0, 0.05) is 11.6 Å². The van der Waals surface area contributed by atoms with E-state index in [0.29, 0.717) is 12.2 Å². The maximum absolute atomic E-state index is 11.5. The Morgan fingerprint density at radius 1 is 1.14 bits per heavy atom. The molecule has 0 atom stereocenters. The van der Waals surface area contributed by atoms with Gasteiger partial charge in [0.2, 0.25) is 0 Å². The predicted octanol–water partition coefficient (Wildman–Crippen LogP) is 3.00. The van der Waals surface area contributed by atoms with Gasteiger partial charge in [0.15, 0.2) is 5.78 Å². The Kier molecular flexibility index (Phi) is 8.05. The van der Waals surface area contributed by atoms with Crippen LogP contribution in [0.4, 0.5) is 0 Å². The third kappa shape index (κ3) is 6.86. The number of benzene rings is 1. The first kappa shape index (κ1) is 17.1. The normalized spacial score (nSPS) is 10.8. The molecule has 4 nitrogen and oxygen atoms in total. The van der Waals surface area contributed by atoms with E-state index in [-0.39, 0.29) is 11.8 Å². The molecular formula is C17H22O4. The van der Waals surface area contributed by atoms with Gasteiger partial charge in [-0.3, -0.25) is 4.79 Å². The van der Waals surface area contributed by atoms with Crippen LogP contribution in [-0.2, 0) is 9.53 Å². The van der Waals surface area contributed by atoms with E-state index in [0.717, 1.165) is 31.2 Å². The molecule has 0 saturated heterocycles. The fourth-order valence-electron chi connectivity index (χ4n) is 1.79. The van der Waals surface area contributed by atoms with Crippen molar-refractivity contribution in [3.63, 3.8) is 0 Å². The van der Waals surface area contributed by atoms with Gasteiger partial charge in [0.25, 0.3) is 0 Å². The fraction of sp³-hybridized carbons (Fsp3) is 0.412. The molecule has 0 spiro atoms. The van der Waals surface area contributed by atoms with Gasteiger partial charge in [-0.05, 0) is 18.1 Å². The minimum atomic E-state index is -0.500. The van der Waals surface area contributed by atoms with Crippen LogP contribution in [0.25, 0.3) is 6.08 Å². The van der Waals surface area contributed by atoms with E-state index in [4.69, 9.17) is 9.84 Å². The molecule has 114 valence electrons. The zero-order valence-electron chi connectivity index (χ0n) is 12.4. The summed E-state index contributed by atoms with van der Waals surface area (Å²) in [5.41, 5.74) is 1.25. The first-order chi connectivity index (χ1) is 10.2. The maximum Gasteiger partial charge on any atom is 0.330 e. The quantitative estimate of drug-likeness (QED) is 0.329. The molecule has 0 aromatic heterocycles. The van der Waals surface area contributed by atoms with E-state index >= 15 is 0 Å². The molecule has 1 rings (SSSR count). The van der Waals surface area contributed by atoms with E-state index in [1.54, 1.807) is 30.3 Å². The van der Waals surface area contributed by atoms with Crippen LogP contribution in [0, 0.1) is 0 Å². The van der Waals surface area contributed by atoms with Crippen molar-refractivity contribution in [2.24, 2.45) is 0 Å². The Bertz CT molecular complexity index is 474. The van der Waals surface area contributed by atoms with Crippen LogP contribution in [0.1, 0.15) is 48.5 Å². The van der Waals surface area contributed by atoms with Crippen molar-refractivity contribution in [2.75, 3.05) is 13.2 Å². The Morgan fingerprint density at radius 2 is 1.86 bits per heavy atom. The summed E-state index contributed by atoms with van der Waals surface area (Å²) in [6, 6.07) is 6.67. The van der Waals surface area contributed by atoms with E-state index in [1.807, 2.05) is 0 Å². The van der Waals surface area contributed by atoms with Crippen LogP contribution < -0.4 is 0 Å². The largest absolute Gasteiger partial charge is 0.463 e. The molecule has 0 fully saturated rings. The lowest BCUT2D eigenvalue weighted by molar-refractivity contribution is -0.137. The highest BCUT2D eigenvalue weighted by Gasteiger charge is 2.02. The molecule has 0 amide bonds. The van der Waals surface area contributed by atoms with Gasteiger partial charge in [-0.2, -0.15) is 0 Å². The Hall–Kier alpha value is -1.94. The Morgan fingerprint density at radius 3 is 2.48 bits per heavy atom. The number of carbonyl (C=O) groups is 2. The van der Waals surface area contributed by atoms with Gasteiger partial charge in [-0.1, -0.05) is 50.5 Å². The molecule has 0 aliphatic carbocycles. The first-order valence-electron chi connectivity index (χ1n) is 7.26. The predicted molar refractivity (Wildman–Crippen MR) is 82.0 cm³/mol. The van der Waals surface area contributed by atoms with Gasteiger partial charge in [0.1, 0.15) is 6.61 Å². The highest BCUT2D eigenvalue weighted by atomic mass is 16.5. The number of ketones is 1. The van der Waals surface area contributed by atoms with Crippen molar-refractivity contribution in [3.8, 4) is 0 Å². The highest BCUT2D eigenvalue weighted by molar-refractivity contribution is 5.97. The summed E-state index contributed by atoms with van der Waals surface area (Å²) >= 11 is 0. The van der Waals surface area contributed by atoms with E-state index in [9.17, 15) is 9.59 Å².